The van der Waals surface area contributed by atoms with Crippen LogP contribution < -0.4 is 9.46 Å². The minimum atomic E-state index is -4.31. The second-order valence-corrected chi connectivity index (χ2v) is 13.3. The average molecular weight is 611 g/mol. The molecule has 0 unspecified atom stereocenters. The molecule has 0 aliphatic heterocycles. The van der Waals surface area contributed by atoms with Gasteiger partial charge >= 0.3 is 5.97 Å². The molecule has 0 amide bonds. The largest absolute Gasteiger partial charge is 0.495 e. The highest BCUT2D eigenvalue weighted by Gasteiger charge is 2.25. The first-order valence-electron chi connectivity index (χ1n) is 13.1. The molecule has 3 aromatic carbocycles. The summed E-state index contributed by atoms with van der Waals surface area (Å²) in [7, 11) is -3.10. The zero-order chi connectivity index (χ0) is 30.2. The molecule has 0 spiro atoms. The molecule has 0 saturated heterocycles. The van der Waals surface area contributed by atoms with E-state index in [4.69, 9.17) is 9.84 Å². The summed E-state index contributed by atoms with van der Waals surface area (Å²) in [5, 5.41) is 10.6. The highest BCUT2D eigenvalue weighted by atomic mass is 32.2. The van der Waals surface area contributed by atoms with Gasteiger partial charge in [-0.3, -0.25) is 4.72 Å². The molecule has 0 saturated carbocycles. The summed E-state index contributed by atoms with van der Waals surface area (Å²) in [5.74, 6) is -3.18. The van der Waals surface area contributed by atoms with Gasteiger partial charge in [0.15, 0.2) is 5.03 Å². The van der Waals surface area contributed by atoms with E-state index in [9.17, 15) is 22.0 Å². The zero-order valence-corrected chi connectivity index (χ0v) is 24.7. The van der Waals surface area contributed by atoms with Crippen LogP contribution in [0, 0.1) is 17.0 Å². The van der Waals surface area contributed by atoms with Crippen LogP contribution >= 0.6 is 11.3 Å². The van der Waals surface area contributed by atoms with Gasteiger partial charge in [0.1, 0.15) is 22.4 Å². The Hall–Kier alpha value is -4.09. The number of thiazole rings is 1. The maximum atomic E-state index is 14.3. The lowest BCUT2D eigenvalue weighted by molar-refractivity contribution is 0.0691. The predicted molar refractivity (Wildman–Crippen MR) is 159 cm³/mol. The molecule has 218 valence electrons. The summed E-state index contributed by atoms with van der Waals surface area (Å²) < 4.78 is 61.9. The molecule has 0 bridgehead atoms. The molecule has 1 aliphatic carbocycles. The molecule has 7 nitrogen and oxygen atoms in total. The maximum absolute atomic E-state index is 14.3. The number of benzene rings is 3. The Kier molecular flexibility index (Phi) is 7.91. The summed E-state index contributed by atoms with van der Waals surface area (Å²) in [6.45, 7) is 4.49. The van der Waals surface area contributed by atoms with Crippen LogP contribution in [-0.2, 0) is 10.0 Å². The highest BCUT2D eigenvalue weighted by Crippen LogP contribution is 2.41. The van der Waals surface area contributed by atoms with E-state index in [1.165, 1.54) is 30.2 Å². The quantitative estimate of drug-likeness (QED) is 0.210. The lowest BCUT2D eigenvalue weighted by Gasteiger charge is -2.29. The number of allylic oxidation sites excluding steroid dienone is 2. The smallest absolute Gasteiger partial charge is 0.338 e. The van der Waals surface area contributed by atoms with Gasteiger partial charge in [-0.05, 0) is 71.2 Å². The number of aromatic nitrogens is 1. The molecule has 11 heteroatoms. The van der Waals surface area contributed by atoms with E-state index >= 15 is 0 Å². The summed E-state index contributed by atoms with van der Waals surface area (Å²) in [5.41, 5.74) is 3.78. The number of carboxylic acids is 1. The summed E-state index contributed by atoms with van der Waals surface area (Å²) in [6, 6.07) is 13.6. The van der Waals surface area contributed by atoms with Gasteiger partial charge in [-0.1, -0.05) is 44.2 Å². The van der Waals surface area contributed by atoms with Crippen molar-refractivity contribution in [3.05, 3.63) is 88.8 Å². The van der Waals surface area contributed by atoms with Gasteiger partial charge in [-0.15, -0.1) is 11.3 Å². The van der Waals surface area contributed by atoms with Crippen molar-refractivity contribution in [2.45, 2.75) is 38.1 Å². The first-order valence-corrected chi connectivity index (χ1v) is 15.4. The van der Waals surface area contributed by atoms with E-state index in [-0.39, 0.29) is 27.7 Å². The molecule has 4 aromatic rings. The van der Waals surface area contributed by atoms with E-state index in [1.54, 1.807) is 12.1 Å². The number of aromatic carboxylic acids is 1. The molecule has 0 fully saturated rings. The number of halogens is 2. The fraction of sp³-hybridized carbons (Fsp3) is 0.226. The molecular weight excluding hydrogens is 582 g/mol. The first kappa shape index (κ1) is 29.4. The van der Waals surface area contributed by atoms with Crippen molar-refractivity contribution in [1.82, 2.24) is 4.98 Å². The van der Waals surface area contributed by atoms with Gasteiger partial charge in [-0.2, -0.15) is 8.42 Å². The monoisotopic (exact) mass is 610 g/mol. The lowest BCUT2D eigenvalue weighted by atomic mass is 9.77. The third-order valence-electron chi connectivity index (χ3n) is 7.27. The number of nitrogens with one attached hydrogen (secondary N) is 1. The van der Waals surface area contributed by atoms with Crippen molar-refractivity contribution in [3.8, 4) is 27.4 Å². The molecule has 5 rings (SSSR count). The Morgan fingerprint density at radius 3 is 2.40 bits per heavy atom. The second-order valence-electron chi connectivity index (χ2n) is 10.8. The standard InChI is InChI=1S/C31H28F2N2O5S2/c1-31(2)12-10-18(11-13-31)20-6-9-22(23(14-20)19-4-7-21(32)8-5-19)29-34-28(17-41-29)42(38,39)35-26-16-25(33)24(30(36)37)15-27(26)40-3/h4-10,14-17,35H,11-13H2,1-3H3,(H,36,37). The number of carbonyl (C=O) groups is 1. The van der Waals surface area contributed by atoms with E-state index in [1.807, 2.05) is 18.2 Å². The van der Waals surface area contributed by atoms with E-state index in [0.29, 0.717) is 10.6 Å². The average Bonchev–Trinajstić information content (AvgIpc) is 3.44. The maximum Gasteiger partial charge on any atom is 0.338 e. The molecule has 2 N–H and O–H groups in total. The number of sulfonamides is 1. The van der Waals surface area contributed by atoms with Crippen LogP contribution in [0.25, 0.3) is 27.3 Å². The Morgan fingerprint density at radius 1 is 1.05 bits per heavy atom. The zero-order valence-electron chi connectivity index (χ0n) is 23.1. The van der Waals surface area contributed by atoms with Crippen molar-refractivity contribution in [3.63, 3.8) is 0 Å². The van der Waals surface area contributed by atoms with Crippen molar-refractivity contribution in [2.75, 3.05) is 11.8 Å². The number of hydrogen-bond acceptors (Lipinski definition) is 6. The van der Waals surface area contributed by atoms with Gasteiger partial charge in [-0.25, -0.2) is 18.6 Å². The summed E-state index contributed by atoms with van der Waals surface area (Å²) in [6.07, 6.45) is 5.20. The number of ether oxygens (including phenoxy) is 1. The molecule has 42 heavy (non-hydrogen) atoms. The number of anilines is 1. The number of rotatable bonds is 8. The van der Waals surface area contributed by atoms with E-state index < -0.39 is 27.4 Å². The van der Waals surface area contributed by atoms with Gasteiger partial charge < -0.3 is 9.84 Å². The molecule has 0 radical (unpaired) electrons. The normalized spacial score (nSPS) is 14.7. The third kappa shape index (κ3) is 6.07. The Morgan fingerprint density at radius 2 is 1.76 bits per heavy atom. The molecule has 1 heterocycles. The third-order valence-corrected chi connectivity index (χ3v) is 9.54. The number of hydrogen-bond donors (Lipinski definition) is 2. The Labute approximate surface area is 246 Å². The Bertz CT molecular complexity index is 1810. The second kappa shape index (κ2) is 11.3. The number of nitrogens with zero attached hydrogens (tertiary/aromatic N) is 1. The van der Waals surface area contributed by atoms with Gasteiger partial charge in [0.05, 0.1) is 18.4 Å². The fourth-order valence-electron chi connectivity index (χ4n) is 4.81. The topological polar surface area (TPSA) is 106 Å². The molecule has 0 atom stereocenters. The van der Waals surface area contributed by atoms with Crippen molar-refractivity contribution < 1.29 is 31.8 Å². The summed E-state index contributed by atoms with van der Waals surface area (Å²) >= 11 is 1.11. The highest BCUT2D eigenvalue weighted by molar-refractivity contribution is 7.92. The van der Waals surface area contributed by atoms with E-state index in [2.05, 4.69) is 29.6 Å². The van der Waals surface area contributed by atoms with Gasteiger partial charge in [0.25, 0.3) is 10.0 Å². The van der Waals surface area contributed by atoms with Crippen LogP contribution in [0.5, 0.6) is 5.75 Å². The van der Waals surface area contributed by atoms with Crippen LogP contribution in [-0.4, -0.2) is 31.6 Å². The molecule has 1 aliphatic rings. The van der Waals surface area contributed by atoms with E-state index in [0.717, 1.165) is 59.4 Å². The number of methoxy groups -OCH3 is 1. The Balaban J connectivity index is 1.52. The molecular formula is C31H28F2N2O5S2. The lowest BCUT2D eigenvalue weighted by Crippen LogP contribution is -2.15. The van der Waals surface area contributed by atoms with Crippen LogP contribution in [0.1, 0.15) is 49.0 Å². The van der Waals surface area contributed by atoms with Crippen LogP contribution in [0.4, 0.5) is 14.5 Å². The summed E-state index contributed by atoms with van der Waals surface area (Å²) in [4.78, 5) is 15.7. The van der Waals surface area contributed by atoms with Crippen LogP contribution in [0.2, 0.25) is 0 Å². The minimum absolute atomic E-state index is 0.164. The van der Waals surface area contributed by atoms with Crippen molar-refractivity contribution >= 4 is 38.6 Å². The first-order chi connectivity index (χ1) is 19.9. The van der Waals surface area contributed by atoms with Crippen LogP contribution in [0.3, 0.4) is 0 Å². The predicted octanol–water partition coefficient (Wildman–Crippen LogP) is 7.86. The fourth-order valence-corrected chi connectivity index (χ4v) is 7.00. The van der Waals surface area contributed by atoms with Gasteiger partial charge in [0.2, 0.25) is 0 Å². The molecule has 1 aromatic heterocycles. The SMILES string of the molecule is COc1cc(C(=O)O)c(F)cc1NS(=O)(=O)c1csc(-c2ccc(C3=CCC(C)(C)CC3)cc2-c2ccc(F)cc2)n1. The van der Waals surface area contributed by atoms with Crippen molar-refractivity contribution in [1.29, 1.82) is 0 Å². The van der Waals surface area contributed by atoms with Gasteiger partial charge in [0, 0.05) is 17.0 Å². The van der Waals surface area contributed by atoms with Crippen LogP contribution in [0.15, 0.2) is 71.1 Å². The minimum Gasteiger partial charge on any atom is -0.495 e. The van der Waals surface area contributed by atoms with Crippen molar-refractivity contribution in [2.24, 2.45) is 5.41 Å². The number of carboxylic acid groups (broad SMARTS) is 1.